The van der Waals surface area contributed by atoms with E-state index in [1.165, 1.54) is 10.9 Å². The lowest BCUT2D eigenvalue weighted by Gasteiger charge is -2.14. The van der Waals surface area contributed by atoms with Crippen LogP contribution in [0.4, 0.5) is 15.6 Å². The summed E-state index contributed by atoms with van der Waals surface area (Å²) in [7, 11) is -0.0538. The van der Waals surface area contributed by atoms with Gasteiger partial charge in [0.05, 0.1) is 24.6 Å². The third-order valence-corrected chi connectivity index (χ3v) is 7.24. The highest BCUT2D eigenvalue weighted by molar-refractivity contribution is 7.90. The molecule has 0 bridgehead atoms. The number of sulfone groups is 1. The quantitative estimate of drug-likeness (QED) is 0.388. The third-order valence-electron chi connectivity index (χ3n) is 4.60. The maximum Gasteiger partial charge on any atom is 0.325 e. The number of tetrazole rings is 1. The number of ether oxygens (including phenoxy) is 1. The molecule has 0 spiro atoms. The molecular weight excluding hydrogens is 492 g/mol. The summed E-state index contributed by atoms with van der Waals surface area (Å²) in [6.45, 7) is 7.47. The van der Waals surface area contributed by atoms with Gasteiger partial charge in [0.25, 0.3) is 5.16 Å². The Kier molecular flexibility index (Phi) is 8.75. The van der Waals surface area contributed by atoms with Gasteiger partial charge in [0.15, 0.2) is 5.13 Å². The summed E-state index contributed by atoms with van der Waals surface area (Å²) >= 11 is 1.06. The van der Waals surface area contributed by atoms with Gasteiger partial charge in [0.1, 0.15) is 5.75 Å². The van der Waals surface area contributed by atoms with Gasteiger partial charge in [-0.05, 0) is 55.1 Å². The topological polar surface area (TPSA) is 144 Å². The molecule has 0 radical (unpaired) electrons. The Hall–Kier alpha value is -3.10. The molecule has 2 heterocycles. The van der Waals surface area contributed by atoms with Crippen LogP contribution in [0.1, 0.15) is 24.3 Å². The molecule has 0 aliphatic heterocycles. The number of rotatable bonds is 11. The number of nitrogens with one attached hydrogen (secondary N) is 2. The Morgan fingerprint density at radius 3 is 2.74 bits per heavy atom. The highest BCUT2D eigenvalue weighted by Gasteiger charge is 2.25. The Morgan fingerprint density at radius 2 is 2.03 bits per heavy atom. The first-order valence-corrected chi connectivity index (χ1v) is 13.4. The minimum atomic E-state index is -3.80. The van der Waals surface area contributed by atoms with Crippen LogP contribution in [0.3, 0.4) is 0 Å². The molecule has 0 aliphatic carbocycles. The maximum absolute atomic E-state index is 12.9. The number of urea groups is 1. The molecule has 14 heteroatoms. The molecule has 2 amide bonds. The Balaban J connectivity index is 1.64. The molecule has 35 heavy (non-hydrogen) atoms. The molecule has 0 unspecified atom stereocenters. The molecule has 0 saturated heterocycles. The summed E-state index contributed by atoms with van der Waals surface area (Å²) < 4.78 is 32.8. The molecule has 3 rings (SSSR count). The number of carbonyl (C=O) groups is 1. The highest BCUT2D eigenvalue weighted by Crippen LogP contribution is 2.27. The normalized spacial score (nSPS) is 11.7. The number of nitrogens with zero attached hydrogens (tertiary/aromatic N) is 6. The fourth-order valence-electron chi connectivity index (χ4n) is 2.90. The van der Waals surface area contributed by atoms with Crippen LogP contribution in [-0.2, 0) is 22.1 Å². The first-order valence-electron chi connectivity index (χ1n) is 10.9. The molecule has 12 nitrogen and oxygen atoms in total. The largest absolute Gasteiger partial charge is 0.491 e. The van der Waals surface area contributed by atoms with Gasteiger partial charge in [-0.2, -0.15) is 0 Å². The van der Waals surface area contributed by atoms with Crippen molar-refractivity contribution in [2.45, 2.75) is 38.2 Å². The monoisotopic (exact) mass is 522 g/mol. The number of aromatic nitrogens is 5. The smallest absolute Gasteiger partial charge is 0.325 e. The molecule has 0 atom stereocenters. The highest BCUT2D eigenvalue weighted by atomic mass is 32.2. The number of benzene rings is 1. The maximum atomic E-state index is 12.9. The Bertz CT molecular complexity index is 1250. The lowest BCUT2D eigenvalue weighted by atomic mass is 10.2. The summed E-state index contributed by atoms with van der Waals surface area (Å²) in [6, 6.07) is 4.98. The van der Waals surface area contributed by atoms with Gasteiger partial charge in [-0.1, -0.05) is 25.0 Å². The van der Waals surface area contributed by atoms with Gasteiger partial charge in [0.2, 0.25) is 9.84 Å². The number of amides is 2. The van der Waals surface area contributed by atoms with Crippen molar-refractivity contribution in [3.63, 3.8) is 0 Å². The second kappa shape index (κ2) is 11.6. The van der Waals surface area contributed by atoms with Crippen molar-refractivity contribution in [3.8, 4) is 5.75 Å². The van der Waals surface area contributed by atoms with E-state index in [0.717, 1.165) is 16.9 Å². The number of hydrogen-bond acceptors (Lipinski definition) is 10. The van der Waals surface area contributed by atoms with Gasteiger partial charge in [-0.25, -0.2) is 22.9 Å². The van der Waals surface area contributed by atoms with Gasteiger partial charge in [-0.3, -0.25) is 5.32 Å². The zero-order valence-corrected chi connectivity index (χ0v) is 22.0. The van der Waals surface area contributed by atoms with Crippen LogP contribution in [0.5, 0.6) is 5.75 Å². The van der Waals surface area contributed by atoms with Crippen molar-refractivity contribution in [2.75, 3.05) is 37.9 Å². The van der Waals surface area contributed by atoms with Gasteiger partial charge in [0, 0.05) is 17.6 Å². The summed E-state index contributed by atoms with van der Waals surface area (Å²) in [5.41, 5.74) is 1.53. The van der Waals surface area contributed by atoms with Gasteiger partial charge < -0.3 is 15.0 Å². The SMILES string of the molecule is Cc1ccc(NC(=O)Nc2ncc(CS(=O)(=O)c3nnnn3CCN(C)C)s2)c(OCC(C)C)c1. The summed E-state index contributed by atoms with van der Waals surface area (Å²) in [4.78, 5) is 19.0. The fourth-order valence-corrected chi connectivity index (χ4v) is 5.39. The molecule has 0 saturated carbocycles. The van der Waals surface area contributed by atoms with Crippen molar-refractivity contribution in [1.29, 1.82) is 0 Å². The van der Waals surface area contributed by atoms with E-state index in [4.69, 9.17) is 4.74 Å². The molecular formula is C21H30N8O4S2. The van der Waals surface area contributed by atoms with E-state index < -0.39 is 15.9 Å². The van der Waals surface area contributed by atoms with Crippen LogP contribution < -0.4 is 15.4 Å². The van der Waals surface area contributed by atoms with Crippen molar-refractivity contribution < 1.29 is 17.9 Å². The van der Waals surface area contributed by atoms with E-state index in [9.17, 15) is 13.2 Å². The second-order valence-electron chi connectivity index (χ2n) is 8.66. The van der Waals surface area contributed by atoms with Crippen LogP contribution in [-0.4, -0.2) is 71.8 Å². The third kappa shape index (κ3) is 7.70. The second-order valence-corrected chi connectivity index (χ2v) is 11.7. The van der Waals surface area contributed by atoms with Gasteiger partial charge in [-0.15, -0.1) is 11.3 Å². The van der Waals surface area contributed by atoms with E-state index in [0.29, 0.717) is 41.9 Å². The van der Waals surface area contributed by atoms with Crippen LogP contribution in [0.25, 0.3) is 0 Å². The molecule has 3 aromatic rings. The van der Waals surface area contributed by atoms with E-state index in [1.807, 2.05) is 51.9 Å². The zero-order chi connectivity index (χ0) is 25.6. The van der Waals surface area contributed by atoms with E-state index in [1.54, 1.807) is 6.07 Å². The van der Waals surface area contributed by atoms with E-state index in [2.05, 4.69) is 31.1 Å². The predicted molar refractivity (Wildman–Crippen MR) is 134 cm³/mol. The van der Waals surface area contributed by atoms with Gasteiger partial charge >= 0.3 is 6.03 Å². The first kappa shape index (κ1) is 26.5. The first-order chi connectivity index (χ1) is 16.5. The number of thiazole rings is 1. The van der Waals surface area contributed by atoms with Crippen molar-refractivity contribution in [2.24, 2.45) is 5.92 Å². The molecule has 190 valence electrons. The lowest BCUT2D eigenvalue weighted by molar-refractivity contribution is 0.260. The van der Waals surface area contributed by atoms with Crippen molar-refractivity contribution in [3.05, 3.63) is 34.8 Å². The average Bonchev–Trinajstić information content (AvgIpc) is 3.41. The van der Waals surface area contributed by atoms with E-state index >= 15 is 0 Å². The number of carbonyl (C=O) groups excluding carboxylic acids is 1. The Labute approximate surface area is 208 Å². The minimum absolute atomic E-state index is 0.201. The zero-order valence-electron chi connectivity index (χ0n) is 20.3. The van der Waals surface area contributed by atoms with E-state index in [-0.39, 0.29) is 16.0 Å². The summed E-state index contributed by atoms with van der Waals surface area (Å²) in [6.07, 6.45) is 1.41. The van der Waals surface area contributed by atoms with Crippen molar-refractivity contribution >= 4 is 38.0 Å². The summed E-state index contributed by atoms with van der Waals surface area (Å²) in [5.74, 6) is 0.577. The standard InChI is InChI=1S/C21H30N8O4S2/c1-14(2)12-33-18-10-15(3)6-7-17(18)23-19(30)24-20-22-11-16(34-20)13-35(31,32)21-25-26-27-29(21)9-8-28(4)5/h6-7,10-11,14H,8-9,12-13H2,1-5H3,(H2,22,23,24,30). The number of hydrogen-bond donors (Lipinski definition) is 2. The van der Waals surface area contributed by atoms with Crippen molar-refractivity contribution in [1.82, 2.24) is 30.1 Å². The Morgan fingerprint density at radius 1 is 1.26 bits per heavy atom. The van der Waals surface area contributed by atoms with Crippen LogP contribution in [0.2, 0.25) is 0 Å². The summed E-state index contributed by atoms with van der Waals surface area (Å²) in [5, 5.41) is 16.4. The predicted octanol–water partition coefficient (Wildman–Crippen LogP) is 2.65. The molecule has 1 aromatic carbocycles. The molecule has 0 aliphatic rings. The number of likely N-dealkylation sites (N-methyl/N-ethyl adjacent to an activating group) is 1. The molecule has 2 aromatic heterocycles. The fraction of sp³-hybridized carbons (Fsp3) is 0.476. The van der Waals surface area contributed by atoms with Crippen LogP contribution in [0.15, 0.2) is 29.6 Å². The molecule has 2 N–H and O–H groups in total. The average molecular weight is 523 g/mol. The van der Waals surface area contributed by atoms with Crippen LogP contribution in [0, 0.1) is 12.8 Å². The minimum Gasteiger partial charge on any atom is -0.491 e. The molecule has 0 fully saturated rings. The number of anilines is 2. The van der Waals surface area contributed by atoms with Crippen LogP contribution >= 0.6 is 11.3 Å². The lowest BCUT2D eigenvalue weighted by Crippen LogP contribution is -2.22. The number of aryl methyl sites for hydroxylation is 1.